The molecule has 0 saturated carbocycles. The van der Waals surface area contributed by atoms with Crippen molar-refractivity contribution in [3.63, 3.8) is 0 Å². The minimum atomic E-state index is -0.605. The van der Waals surface area contributed by atoms with Crippen LogP contribution >= 0.6 is 0 Å². The number of carbonyl (C=O) groups is 2. The van der Waals surface area contributed by atoms with Crippen LogP contribution in [0, 0.1) is 11.3 Å². The molecule has 1 N–H and O–H groups in total. The predicted octanol–water partition coefficient (Wildman–Crippen LogP) is 7.96. The summed E-state index contributed by atoms with van der Waals surface area (Å²) in [6, 6.07) is 23.8. The third-order valence-electron chi connectivity index (χ3n) is 9.15. The Hall–Kier alpha value is -4.59. The van der Waals surface area contributed by atoms with E-state index in [0.29, 0.717) is 57.1 Å². The van der Waals surface area contributed by atoms with Gasteiger partial charge in [-0.05, 0) is 106 Å². The number of nitriles is 1. The zero-order valence-electron chi connectivity index (χ0n) is 30.3. The van der Waals surface area contributed by atoms with Crippen LogP contribution in [-0.2, 0) is 25.4 Å². The molecule has 3 aromatic carbocycles. The first-order valence-corrected chi connectivity index (χ1v) is 18.0. The molecule has 3 unspecified atom stereocenters. The number of amides is 2. The van der Waals surface area contributed by atoms with Gasteiger partial charge in [-0.1, -0.05) is 36.4 Å². The molecule has 272 valence electrons. The molecule has 1 saturated heterocycles. The average Bonchev–Trinajstić information content (AvgIpc) is 3.12. The number of aryl methyl sites for hydroxylation is 1. The average molecular weight is 698 g/mol. The normalized spacial score (nSPS) is 17.9. The van der Waals surface area contributed by atoms with Crippen LogP contribution in [-0.4, -0.2) is 68.6 Å². The first kappa shape index (κ1) is 37.7. The Bertz CT molecular complexity index is 1650. The summed E-state index contributed by atoms with van der Waals surface area (Å²) >= 11 is 0. The Labute approximate surface area is 302 Å². The first-order chi connectivity index (χ1) is 24.6. The molecule has 0 bridgehead atoms. The topological polar surface area (TPSA) is 119 Å². The molecule has 51 heavy (non-hydrogen) atoms. The van der Waals surface area contributed by atoms with Gasteiger partial charge in [-0.25, -0.2) is 4.79 Å². The van der Waals surface area contributed by atoms with Gasteiger partial charge in [0.15, 0.2) is 0 Å². The van der Waals surface area contributed by atoms with Crippen molar-refractivity contribution in [3.8, 4) is 17.6 Å². The number of methoxy groups -OCH3 is 1. The molecule has 5 rings (SSSR count). The van der Waals surface area contributed by atoms with Crippen molar-refractivity contribution in [1.29, 1.82) is 5.26 Å². The minimum Gasteiger partial charge on any atom is -0.494 e. The second-order valence-electron chi connectivity index (χ2n) is 14.2. The van der Waals surface area contributed by atoms with E-state index in [1.165, 1.54) is 0 Å². The van der Waals surface area contributed by atoms with Crippen molar-refractivity contribution in [3.05, 3.63) is 89.0 Å². The van der Waals surface area contributed by atoms with Gasteiger partial charge in [0.2, 0.25) is 5.91 Å². The van der Waals surface area contributed by atoms with Gasteiger partial charge in [-0.15, -0.1) is 0 Å². The number of piperidine rings is 1. The number of fused-ring (bicyclic) bond motifs is 1. The predicted molar refractivity (Wildman–Crippen MR) is 195 cm³/mol. The van der Waals surface area contributed by atoms with Crippen molar-refractivity contribution in [2.45, 2.75) is 89.4 Å². The van der Waals surface area contributed by atoms with Gasteiger partial charge in [0.1, 0.15) is 23.2 Å². The summed E-state index contributed by atoms with van der Waals surface area (Å²) in [5.74, 6) is 1.45. The quantitative estimate of drug-likeness (QED) is 0.159. The zero-order valence-corrected chi connectivity index (χ0v) is 30.3. The number of likely N-dealkylation sites (tertiary alicyclic amines) is 1. The van der Waals surface area contributed by atoms with Crippen molar-refractivity contribution >= 4 is 17.7 Å². The maximum atomic E-state index is 13.2. The van der Waals surface area contributed by atoms with Crippen LogP contribution in [0.5, 0.6) is 11.5 Å². The van der Waals surface area contributed by atoms with Crippen LogP contribution in [0.4, 0.5) is 10.5 Å². The van der Waals surface area contributed by atoms with Crippen LogP contribution in [0.1, 0.15) is 93.6 Å². The molecule has 0 radical (unpaired) electrons. The van der Waals surface area contributed by atoms with Gasteiger partial charge < -0.3 is 33.9 Å². The summed E-state index contributed by atoms with van der Waals surface area (Å²) < 4.78 is 30.0. The summed E-state index contributed by atoms with van der Waals surface area (Å²) in [6.07, 6.45) is 4.14. The first-order valence-electron chi connectivity index (χ1n) is 18.0. The summed E-state index contributed by atoms with van der Waals surface area (Å²) in [5, 5.41) is 12.3. The third kappa shape index (κ3) is 10.9. The highest BCUT2D eigenvalue weighted by Crippen LogP contribution is 2.38. The van der Waals surface area contributed by atoms with Crippen molar-refractivity contribution in [1.82, 2.24) is 4.90 Å². The van der Waals surface area contributed by atoms with Gasteiger partial charge in [-0.3, -0.25) is 4.79 Å². The monoisotopic (exact) mass is 697 g/mol. The molecule has 2 heterocycles. The van der Waals surface area contributed by atoms with Gasteiger partial charge in [-0.2, -0.15) is 5.26 Å². The largest absolute Gasteiger partial charge is 0.494 e. The number of carbonyl (C=O) groups excluding carboxylic acids is 2. The molecule has 10 nitrogen and oxygen atoms in total. The van der Waals surface area contributed by atoms with E-state index >= 15 is 0 Å². The number of benzene rings is 3. The fourth-order valence-corrected chi connectivity index (χ4v) is 6.53. The molecule has 1 fully saturated rings. The third-order valence-corrected chi connectivity index (χ3v) is 9.15. The van der Waals surface area contributed by atoms with E-state index < -0.39 is 5.60 Å². The minimum absolute atomic E-state index is 0.0245. The van der Waals surface area contributed by atoms with Gasteiger partial charge in [0.25, 0.3) is 0 Å². The Morgan fingerprint density at radius 1 is 0.980 bits per heavy atom. The maximum Gasteiger partial charge on any atom is 0.410 e. The number of rotatable bonds is 15. The number of para-hydroxylation sites is 1. The number of nitrogens with one attached hydrogen (secondary N) is 1. The highest BCUT2D eigenvalue weighted by Gasteiger charge is 2.37. The summed E-state index contributed by atoms with van der Waals surface area (Å²) in [4.78, 5) is 27.2. The second-order valence-corrected chi connectivity index (χ2v) is 14.2. The molecule has 3 atom stereocenters. The lowest BCUT2D eigenvalue weighted by Crippen LogP contribution is -2.48. The molecule has 3 aromatic rings. The van der Waals surface area contributed by atoms with E-state index in [4.69, 9.17) is 23.7 Å². The van der Waals surface area contributed by atoms with Crippen LogP contribution in [0.2, 0.25) is 0 Å². The number of anilines is 1. The van der Waals surface area contributed by atoms with Gasteiger partial charge in [0.05, 0.1) is 37.5 Å². The smallest absolute Gasteiger partial charge is 0.410 e. The highest BCUT2D eigenvalue weighted by atomic mass is 16.6. The molecule has 0 spiro atoms. The lowest BCUT2D eigenvalue weighted by Gasteiger charge is -2.40. The van der Waals surface area contributed by atoms with Gasteiger partial charge in [0, 0.05) is 38.3 Å². The Balaban J connectivity index is 1.26. The molecular formula is C41H51N3O7. The maximum absolute atomic E-state index is 13.2. The van der Waals surface area contributed by atoms with Crippen molar-refractivity contribution in [2.24, 2.45) is 0 Å². The highest BCUT2D eigenvalue weighted by molar-refractivity contribution is 5.94. The van der Waals surface area contributed by atoms with E-state index in [1.54, 1.807) is 18.1 Å². The lowest BCUT2D eigenvalue weighted by atomic mass is 9.86. The van der Waals surface area contributed by atoms with E-state index in [0.717, 1.165) is 60.2 Å². The van der Waals surface area contributed by atoms with Crippen LogP contribution in [0.15, 0.2) is 66.7 Å². The molecule has 2 aliphatic rings. The van der Waals surface area contributed by atoms with Crippen LogP contribution in [0.25, 0.3) is 0 Å². The molecule has 0 aromatic heterocycles. The van der Waals surface area contributed by atoms with Crippen LogP contribution in [0.3, 0.4) is 0 Å². The summed E-state index contributed by atoms with van der Waals surface area (Å²) in [5.41, 5.74) is 4.00. The molecule has 10 heteroatoms. The summed E-state index contributed by atoms with van der Waals surface area (Å²) in [6.45, 7) is 8.23. The Kier molecular flexibility index (Phi) is 13.3. The Morgan fingerprint density at radius 3 is 2.49 bits per heavy atom. The van der Waals surface area contributed by atoms with E-state index in [2.05, 4.69) is 35.7 Å². The van der Waals surface area contributed by atoms with E-state index in [1.807, 2.05) is 57.2 Å². The molecule has 2 amide bonds. The van der Waals surface area contributed by atoms with Crippen LogP contribution < -0.4 is 14.8 Å². The zero-order chi connectivity index (χ0) is 36.2. The standard InChI is InChI=1S/C41H51N3O7/c1-41(2,3)51-40(46)44-22-21-34(29-15-18-33(19-16-29)48-24-7-8-25-49-36-11-6-5-10-32(36)27-42)38(28-44)50-37(12-9-23-47-4)31-14-13-30-17-20-39(45)43-35(30)26-31/h5-6,10-11,13-16,18-19,26,34,37-38H,7-9,12,17,20-25,28H2,1-4H3,(H,43,45). The fraction of sp³-hybridized carbons (Fsp3) is 0.488. The molecule has 2 aliphatic heterocycles. The van der Waals surface area contributed by atoms with Crippen molar-refractivity contribution in [2.75, 3.05) is 45.3 Å². The number of nitrogens with zero attached hydrogens (tertiary/aromatic N) is 2. The van der Waals surface area contributed by atoms with Gasteiger partial charge >= 0.3 is 6.09 Å². The summed E-state index contributed by atoms with van der Waals surface area (Å²) in [7, 11) is 1.69. The number of ether oxygens (including phenoxy) is 5. The SMILES string of the molecule is COCCCC(OC1CN(C(=O)OC(C)(C)C)CCC1c1ccc(OCCCCOc2ccccc2C#N)cc1)c1ccc2c(c1)NC(=O)CC2. The fourth-order valence-electron chi connectivity index (χ4n) is 6.53. The molecule has 0 aliphatic carbocycles. The van der Waals surface area contributed by atoms with E-state index in [-0.39, 0.29) is 30.1 Å². The lowest BCUT2D eigenvalue weighted by molar-refractivity contribution is -0.116. The second kappa shape index (κ2) is 18.1. The Morgan fingerprint density at radius 2 is 1.75 bits per heavy atom. The van der Waals surface area contributed by atoms with E-state index in [9.17, 15) is 14.9 Å². The number of unbranched alkanes of at least 4 members (excludes halogenated alkanes) is 1. The number of hydrogen-bond donors (Lipinski definition) is 1. The van der Waals surface area contributed by atoms with Crippen molar-refractivity contribution < 1.29 is 33.3 Å². The molecular weight excluding hydrogens is 646 g/mol. The number of hydrogen-bond acceptors (Lipinski definition) is 8.